The number of nitrogens with zero attached hydrogens (tertiary/aromatic N) is 1. The van der Waals surface area contributed by atoms with E-state index < -0.39 is 11.7 Å². The van der Waals surface area contributed by atoms with E-state index in [4.69, 9.17) is 9.47 Å². The number of ether oxygens (including phenoxy) is 2. The van der Waals surface area contributed by atoms with Gasteiger partial charge in [0.15, 0.2) is 0 Å². The Morgan fingerprint density at radius 2 is 1.92 bits per heavy atom. The fourth-order valence-corrected chi connectivity index (χ4v) is 2.78. The summed E-state index contributed by atoms with van der Waals surface area (Å²) in [5, 5.41) is 2.75. The number of hydrogen-bond acceptors (Lipinski definition) is 5. The molecule has 1 N–H and O–H groups in total. The van der Waals surface area contributed by atoms with Crippen LogP contribution < -0.4 is 5.32 Å². The zero-order chi connectivity index (χ0) is 18.2. The molecule has 0 aliphatic carbocycles. The molecule has 24 heavy (non-hydrogen) atoms. The predicted molar refractivity (Wildman–Crippen MR) is 97.4 cm³/mol. The Kier molecular flexibility index (Phi) is 8.91. The van der Waals surface area contributed by atoms with Crippen LogP contribution in [0, 0.1) is 0 Å². The van der Waals surface area contributed by atoms with Crippen LogP contribution in [0.3, 0.4) is 0 Å². The fourth-order valence-electron chi connectivity index (χ4n) is 2.43. The molecule has 140 valence electrons. The number of likely N-dealkylation sites (tertiary alicyclic amines) is 1. The first-order valence-electron chi connectivity index (χ1n) is 8.63. The normalized spacial score (nSPS) is 17.5. The maximum absolute atomic E-state index is 12.1. The summed E-state index contributed by atoms with van der Waals surface area (Å²) in [5.41, 5.74) is -0.472. The molecule has 0 aromatic heterocycles. The van der Waals surface area contributed by atoms with Crippen LogP contribution in [0.5, 0.6) is 0 Å². The molecule has 1 unspecified atom stereocenters. The molecule has 1 fully saturated rings. The first-order chi connectivity index (χ1) is 11.2. The number of alkyl carbamates (subject to hydrolysis) is 1. The molecule has 1 heterocycles. The standard InChI is InChI=1S/C17H32N2O4S/c1-13(24-5)15(20)19-10-7-14(8-11-19)22-12-6-9-18-16(21)23-17(2,3)4/h13-14H,6-12H2,1-5H3,(H,18,21). The van der Waals surface area contributed by atoms with E-state index in [1.54, 1.807) is 11.8 Å². The van der Waals surface area contributed by atoms with Gasteiger partial charge in [-0.3, -0.25) is 4.79 Å². The van der Waals surface area contributed by atoms with Crippen LogP contribution in [-0.4, -0.2) is 66.4 Å². The lowest BCUT2D eigenvalue weighted by molar-refractivity contribution is -0.132. The Hall–Kier alpha value is -0.950. The summed E-state index contributed by atoms with van der Waals surface area (Å²) < 4.78 is 11.0. The molecule has 1 atom stereocenters. The van der Waals surface area contributed by atoms with Gasteiger partial charge in [-0.05, 0) is 53.2 Å². The van der Waals surface area contributed by atoms with Crippen LogP contribution in [0.4, 0.5) is 4.79 Å². The number of thioether (sulfide) groups is 1. The molecule has 1 rings (SSSR count). The average molecular weight is 361 g/mol. The highest BCUT2D eigenvalue weighted by Gasteiger charge is 2.25. The summed E-state index contributed by atoms with van der Waals surface area (Å²) >= 11 is 1.59. The van der Waals surface area contributed by atoms with Crippen LogP contribution in [0.25, 0.3) is 0 Å². The van der Waals surface area contributed by atoms with Crippen molar-refractivity contribution < 1.29 is 19.1 Å². The molecule has 0 aromatic carbocycles. The largest absolute Gasteiger partial charge is 0.444 e. The second kappa shape index (κ2) is 10.1. The monoisotopic (exact) mass is 360 g/mol. The molecule has 1 saturated heterocycles. The lowest BCUT2D eigenvalue weighted by Crippen LogP contribution is -2.44. The van der Waals surface area contributed by atoms with Crippen LogP contribution in [-0.2, 0) is 14.3 Å². The zero-order valence-electron chi connectivity index (χ0n) is 15.6. The number of carbonyl (C=O) groups is 2. The van der Waals surface area contributed by atoms with Gasteiger partial charge in [0, 0.05) is 26.2 Å². The van der Waals surface area contributed by atoms with E-state index in [0.717, 1.165) is 32.4 Å². The molecular weight excluding hydrogens is 328 g/mol. The molecule has 0 radical (unpaired) electrons. The second-order valence-electron chi connectivity index (χ2n) is 7.06. The summed E-state index contributed by atoms with van der Waals surface area (Å²) in [6.07, 6.45) is 4.29. The van der Waals surface area contributed by atoms with Crippen LogP contribution in [0.15, 0.2) is 0 Å². The van der Waals surface area contributed by atoms with E-state index in [0.29, 0.717) is 13.2 Å². The Bertz CT molecular complexity index is 404. The maximum atomic E-state index is 12.1. The first-order valence-corrected chi connectivity index (χ1v) is 9.91. The lowest BCUT2D eigenvalue weighted by atomic mass is 10.1. The Balaban J connectivity index is 2.10. The number of rotatable bonds is 7. The highest BCUT2D eigenvalue weighted by atomic mass is 32.2. The molecule has 1 aliphatic heterocycles. The van der Waals surface area contributed by atoms with Crippen molar-refractivity contribution in [1.29, 1.82) is 0 Å². The van der Waals surface area contributed by atoms with Gasteiger partial charge in [-0.25, -0.2) is 4.79 Å². The average Bonchev–Trinajstić information content (AvgIpc) is 2.52. The van der Waals surface area contributed by atoms with Crippen molar-refractivity contribution in [1.82, 2.24) is 10.2 Å². The zero-order valence-corrected chi connectivity index (χ0v) is 16.4. The van der Waals surface area contributed by atoms with Crippen molar-refractivity contribution in [2.75, 3.05) is 32.5 Å². The predicted octanol–water partition coefficient (Wildman–Crippen LogP) is 2.66. The van der Waals surface area contributed by atoms with Gasteiger partial charge in [0.05, 0.1) is 11.4 Å². The molecule has 0 spiro atoms. The summed E-state index contributed by atoms with van der Waals surface area (Å²) in [5.74, 6) is 0.225. The van der Waals surface area contributed by atoms with E-state index in [1.165, 1.54) is 0 Å². The smallest absolute Gasteiger partial charge is 0.407 e. The van der Waals surface area contributed by atoms with E-state index in [1.807, 2.05) is 38.9 Å². The number of piperidine rings is 1. The number of hydrogen-bond donors (Lipinski definition) is 1. The van der Waals surface area contributed by atoms with E-state index in [2.05, 4.69) is 5.32 Å². The van der Waals surface area contributed by atoms with Crippen molar-refractivity contribution in [3.8, 4) is 0 Å². The molecule has 6 nitrogen and oxygen atoms in total. The topological polar surface area (TPSA) is 67.9 Å². The summed E-state index contributed by atoms with van der Waals surface area (Å²) in [4.78, 5) is 25.5. The summed E-state index contributed by atoms with van der Waals surface area (Å²) in [6.45, 7) is 10.2. The third kappa shape index (κ3) is 8.24. The maximum Gasteiger partial charge on any atom is 0.407 e. The minimum Gasteiger partial charge on any atom is -0.444 e. The van der Waals surface area contributed by atoms with E-state index in [9.17, 15) is 9.59 Å². The number of nitrogens with one attached hydrogen (secondary N) is 1. The number of carbonyl (C=O) groups excluding carboxylic acids is 2. The minimum atomic E-state index is -0.472. The van der Waals surface area contributed by atoms with E-state index >= 15 is 0 Å². The van der Waals surface area contributed by atoms with Crippen LogP contribution >= 0.6 is 11.8 Å². The van der Waals surface area contributed by atoms with Crippen LogP contribution in [0.2, 0.25) is 0 Å². The van der Waals surface area contributed by atoms with Gasteiger partial charge in [0.25, 0.3) is 0 Å². The van der Waals surface area contributed by atoms with Crippen molar-refractivity contribution in [3.05, 3.63) is 0 Å². The van der Waals surface area contributed by atoms with Gasteiger partial charge in [-0.2, -0.15) is 11.8 Å². The second-order valence-corrected chi connectivity index (χ2v) is 8.23. The Morgan fingerprint density at radius 3 is 2.46 bits per heavy atom. The van der Waals surface area contributed by atoms with Crippen molar-refractivity contribution in [2.24, 2.45) is 0 Å². The van der Waals surface area contributed by atoms with Gasteiger partial charge in [0.2, 0.25) is 5.91 Å². The Labute approximate surface area is 150 Å². The van der Waals surface area contributed by atoms with Crippen molar-refractivity contribution >= 4 is 23.8 Å². The van der Waals surface area contributed by atoms with Gasteiger partial charge in [0.1, 0.15) is 5.60 Å². The SMILES string of the molecule is CSC(C)C(=O)N1CCC(OCCCNC(=O)OC(C)(C)C)CC1. The number of amides is 2. The fraction of sp³-hybridized carbons (Fsp3) is 0.882. The third-order valence-electron chi connectivity index (χ3n) is 3.80. The van der Waals surface area contributed by atoms with Crippen molar-refractivity contribution in [3.63, 3.8) is 0 Å². The van der Waals surface area contributed by atoms with Gasteiger partial charge in [-0.1, -0.05) is 0 Å². The highest BCUT2D eigenvalue weighted by molar-refractivity contribution is 7.99. The lowest BCUT2D eigenvalue weighted by Gasteiger charge is -2.33. The summed E-state index contributed by atoms with van der Waals surface area (Å²) in [6, 6.07) is 0. The van der Waals surface area contributed by atoms with Crippen LogP contribution in [0.1, 0.15) is 47.0 Å². The van der Waals surface area contributed by atoms with E-state index in [-0.39, 0.29) is 17.3 Å². The molecule has 2 amide bonds. The highest BCUT2D eigenvalue weighted by Crippen LogP contribution is 2.17. The van der Waals surface area contributed by atoms with Gasteiger partial charge >= 0.3 is 6.09 Å². The molecule has 0 saturated carbocycles. The molecule has 1 aliphatic rings. The molecule has 7 heteroatoms. The molecule has 0 aromatic rings. The quantitative estimate of drug-likeness (QED) is 0.707. The minimum absolute atomic E-state index is 0.0291. The first kappa shape index (κ1) is 21.1. The Morgan fingerprint density at radius 1 is 1.29 bits per heavy atom. The molecular formula is C17H32N2O4S. The van der Waals surface area contributed by atoms with Crippen molar-refractivity contribution in [2.45, 2.75) is 63.9 Å². The molecule has 0 bridgehead atoms. The van der Waals surface area contributed by atoms with Gasteiger partial charge < -0.3 is 19.7 Å². The summed E-state index contributed by atoms with van der Waals surface area (Å²) in [7, 11) is 0. The third-order valence-corrected chi connectivity index (χ3v) is 4.71. The van der Waals surface area contributed by atoms with Gasteiger partial charge in [-0.15, -0.1) is 0 Å².